The number of benzene rings is 1. The number of hydrogen-bond acceptors (Lipinski definition) is 4. The SMILES string of the molecule is CS(=O)(=O)c1ccc(C2=C(c3ccc(C#N)nc3)CC3(CCC3)C2)cc1. The Labute approximate surface area is 154 Å². The van der Waals surface area contributed by atoms with E-state index in [0.717, 1.165) is 24.0 Å². The second-order valence-corrected chi connectivity index (χ2v) is 9.52. The maximum atomic E-state index is 11.7. The molecule has 5 heteroatoms. The van der Waals surface area contributed by atoms with E-state index < -0.39 is 9.84 Å². The van der Waals surface area contributed by atoms with E-state index in [1.54, 1.807) is 24.4 Å². The van der Waals surface area contributed by atoms with Crippen molar-refractivity contribution in [2.75, 3.05) is 6.26 Å². The summed E-state index contributed by atoms with van der Waals surface area (Å²) in [6.07, 6.45) is 8.84. The van der Waals surface area contributed by atoms with E-state index in [2.05, 4.69) is 11.1 Å². The van der Waals surface area contributed by atoms with E-state index in [9.17, 15) is 8.42 Å². The summed E-state index contributed by atoms with van der Waals surface area (Å²) in [7, 11) is -3.19. The minimum Gasteiger partial charge on any atom is -0.245 e. The third-order valence-electron chi connectivity index (χ3n) is 5.74. The summed E-state index contributed by atoms with van der Waals surface area (Å²) in [6.45, 7) is 0. The predicted octanol–water partition coefficient (Wildman–Crippen LogP) is 4.23. The molecule has 1 spiro atoms. The molecule has 1 aromatic heterocycles. The van der Waals surface area contributed by atoms with E-state index in [0.29, 0.717) is 16.0 Å². The minimum absolute atomic E-state index is 0.347. The first-order valence-corrected chi connectivity index (χ1v) is 10.7. The number of nitriles is 1. The Morgan fingerprint density at radius 2 is 1.62 bits per heavy atom. The number of sulfone groups is 1. The first-order valence-electron chi connectivity index (χ1n) is 8.79. The molecule has 4 rings (SSSR count). The van der Waals surface area contributed by atoms with Crippen molar-refractivity contribution in [3.8, 4) is 6.07 Å². The zero-order chi connectivity index (χ0) is 18.4. The summed E-state index contributed by atoms with van der Waals surface area (Å²) in [6, 6.07) is 13.0. The largest absolute Gasteiger partial charge is 0.245 e. The molecule has 2 aliphatic carbocycles. The van der Waals surface area contributed by atoms with Crippen LogP contribution in [-0.4, -0.2) is 19.7 Å². The molecule has 0 atom stereocenters. The second kappa shape index (κ2) is 6.07. The fourth-order valence-corrected chi connectivity index (χ4v) is 4.78. The van der Waals surface area contributed by atoms with Crippen LogP contribution in [0.4, 0.5) is 0 Å². The fraction of sp³-hybridized carbons (Fsp3) is 0.333. The number of aromatic nitrogens is 1. The molecule has 2 aliphatic rings. The standard InChI is InChI=1S/C21H20N2O2S/c1-26(24,25)18-7-4-15(5-8-18)19-11-21(9-2-10-21)12-20(19)16-3-6-17(13-22)23-14-16/h3-8,14H,2,9-12H2,1H3. The molecule has 0 saturated heterocycles. The summed E-state index contributed by atoms with van der Waals surface area (Å²) in [5, 5.41) is 8.97. The third-order valence-corrected chi connectivity index (χ3v) is 6.87. The average Bonchev–Trinajstić information content (AvgIpc) is 3.03. The van der Waals surface area contributed by atoms with Crippen LogP contribution in [0.5, 0.6) is 0 Å². The van der Waals surface area contributed by atoms with Crippen molar-refractivity contribution in [1.29, 1.82) is 5.26 Å². The van der Waals surface area contributed by atoms with Gasteiger partial charge in [-0.15, -0.1) is 0 Å². The van der Waals surface area contributed by atoms with Gasteiger partial charge in [0.15, 0.2) is 9.84 Å². The van der Waals surface area contributed by atoms with Gasteiger partial charge >= 0.3 is 0 Å². The van der Waals surface area contributed by atoms with Gasteiger partial charge in [-0.2, -0.15) is 5.26 Å². The minimum atomic E-state index is -3.19. The molecule has 0 radical (unpaired) electrons. The Morgan fingerprint density at radius 1 is 1.00 bits per heavy atom. The summed E-state index contributed by atoms with van der Waals surface area (Å²) in [5.74, 6) is 0. The highest BCUT2D eigenvalue weighted by Gasteiger charge is 2.43. The number of allylic oxidation sites excluding steroid dienone is 2. The maximum absolute atomic E-state index is 11.7. The van der Waals surface area contributed by atoms with E-state index in [1.165, 1.54) is 36.7 Å². The van der Waals surface area contributed by atoms with Crippen LogP contribution in [0, 0.1) is 16.7 Å². The molecule has 4 nitrogen and oxygen atoms in total. The summed E-state index contributed by atoms with van der Waals surface area (Å²) < 4.78 is 23.4. The van der Waals surface area contributed by atoms with Crippen molar-refractivity contribution >= 4 is 21.0 Å². The first-order chi connectivity index (χ1) is 12.4. The second-order valence-electron chi connectivity index (χ2n) is 7.50. The molecule has 1 saturated carbocycles. The monoisotopic (exact) mass is 364 g/mol. The summed E-state index contributed by atoms with van der Waals surface area (Å²) in [4.78, 5) is 4.58. The van der Waals surface area contributed by atoms with Crippen LogP contribution >= 0.6 is 0 Å². The molecule has 0 amide bonds. The van der Waals surface area contributed by atoms with Crippen molar-refractivity contribution < 1.29 is 8.42 Å². The van der Waals surface area contributed by atoms with Gasteiger partial charge in [0.2, 0.25) is 0 Å². The van der Waals surface area contributed by atoms with Crippen molar-refractivity contribution in [2.45, 2.75) is 37.0 Å². The van der Waals surface area contributed by atoms with Crippen LogP contribution in [0.25, 0.3) is 11.1 Å². The lowest BCUT2D eigenvalue weighted by Crippen LogP contribution is -2.26. The quantitative estimate of drug-likeness (QED) is 0.817. The van der Waals surface area contributed by atoms with Gasteiger partial charge in [0.05, 0.1) is 4.90 Å². The molecule has 0 unspecified atom stereocenters. The lowest BCUT2D eigenvalue weighted by atomic mass is 9.66. The molecule has 1 heterocycles. The van der Waals surface area contributed by atoms with Gasteiger partial charge in [0, 0.05) is 12.5 Å². The van der Waals surface area contributed by atoms with Gasteiger partial charge in [-0.25, -0.2) is 13.4 Å². The number of pyridine rings is 1. The zero-order valence-electron chi connectivity index (χ0n) is 14.7. The Kier molecular flexibility index (Phi) is 3.96. The van der Waals surface area contributed by atoms with Crippen molar-refractivity contribution in [3.05, 3.63) is 59.4 Å². The number of hydrogen-bond donors (Lipinski definition) is 0. The highest BCUT2D eigenvalue weighted by atomic mass is 32.2. The van der Waals surface area contributed by atoms with E-state index >= 15 is 0 Å². The van der Waals surface area contributed by atoms with Crippen LogP contribution in [0.15, 0.2) is 47.5 Å². The van der Waals surface area contributed by atoms with Crippen LogP contribution in [0.1, 0.15) is 48.9 Å². The average molecular weight is 364 g/mol. The smallest absolute Gasteiger partial charge is 0.175 e. The van der Waals surface area contributed by atoms with Gasteiger partial charge < -0.3 is 0 Å². The van der Waals surface area contributed by atoms with Crippen molar-refractivity contribution in [3.63, 3.8) is 0 Å². The third kappa shape index (κ3) is 2.95. The lowest BCUT2D eigenvalue weighted by molar-refractivity contribution is 0.157. The molecule has 0 N–H and O–H groups in total. The normalized spacial score (nSPS) is 18.6. The molecule has 2 aromatic rings. The Morgan fingerprint density at radius 3 is 2.08 bits per heavy atom. The highest BCUT2D eigenvalue weighted by Crippen LogP contribution is 2.59. The predicted molar refractivity (Wildman–Crippen MR) is 101 cm³/mol. The van der Waals surface area contributed by atoms with E-state index in [1.807, 2.05) is 18.2 Å². The van der Waals surface area contributed by atoms with Gasteiger partial charge in [0.25, 0.3) is 0 Å². The van der Waals surface area contributed by atoms with E-state index in [-0.39, 0.29) is 0 Å². The Bertz CT molecular complexity index is 1020. The van der Waals surface area contributed by atoms with E-state index in [4.69, 9.17) is 5.26 Å². The summed E-state index contributed by atoms with van der Waals surface area (Å²) >= 11 is 0. The molecule has 132 valence electrons. The molecule has 0 bridgehead atoms. The highest BCUT2D eigenvalue weighted by molar-refractivity contribution is 7.90. The topological polar surface area (TPSA) is 70.8 Å². The van der Waals surface area contributed by atoms with Crippen molar-refractivity contribution in [2.24, 2.45) is 5.41 Å². The van der Waals surface area contributed by atoms with Crippen molar-refractivity contribution in [1.82, 2.24) is 4.98 Å². The van der Waals surface area contributed by atoms with Gasteiger partial charge in [-0.05, 0) is 71.6 Å². The Balaban J connectivity index is 1.77. The molecule has 0 aliphatic heterocycles. The fourth-order valence-electron chi connectivity index (χ4n) is 4.15. The van der Waals surface area contributed by atoms with Gasteiger partial charge in [-0.1, -0.05) is 24.6 Å². The van der Waals surface area contributed by atoms with Gasteiger partial charge in [-0.3, -0.25) is 0 Å². The molecule has 26 heavy (non-hydrogen) atoms. The molecule has 1 aromatic carbocycles. The first kappa shape index (κ1) is 17.0. The van der Waals surface area contributed by atoms with Gasteiger partial charge in [0.1, 0.15) is 11.8 Å². The van der Waals surface area contributed by atoms with Crippen LogP contribution < -0.4 is 0 Å². The molecule has 1 fully saturated rings. The molecular weight excluding hydrogens is 344 g/mol. The van der Waals surface area contributed by atoms with Crippen LogP contribution in [0.2, 0.25) is 0 Å². The number of rotatable bonds is 3. The zero-order valence-corrected chi connectivity index (χ0v) is 15.5. The lowest BCUT2D eigenvalue weighted by Gasteiger charge is -2.39. The summed E-state index contributed by atoms with van der Waals surface area (Å²) in [5.41, 5.74) is 5.50. The van der Waals surface area contributed by atoms with Crippen LogP contribution in [-0.2, 0) is 9.84 Å². The Hall–Kier alpha value is -2.45. The molecular formula is C21H20N2O2S. The van der Waals surface area contributed by atoms with Crippen LogP contribution in [0.3, 0.4) is 0 Å². The number of nitrogens with zero attached hydrogens (tertiary/aromatic N) is 2. The maximum Gasteiger partial charge on any atom is 0.175 e.